The van der Waals surface area contributed by atoms with Crippen molar-refractivity contribution in [3.63, 3.8) is 0 Å². The lowest BCUT2D eigenvalue weighted by molar-refractivity contribution is 0.108. The van der Waals surface area contributed by atoms with E-state index in [-0.39, 0.29) is 11.4 Å². The predicted molar refractivity (Wildman–Crippen MR) is 50.0 cm³/mol. The number of halogens is 2. The van der Waals surface area contributed by atoms with E-state index in [1.807, 2.05) is 0 Å². The van der Waals surface area contributed by atoms with E-state index in [4.69, 9.17) is 27.9 Å². The van der Waals surface area contributed by atoms with Gasteiger partial charge in [-0.2, -0.15) is 0 Å². The maximum atomic E-state index is 5.74. The molecule has 0 aliphatic carbocycles. The largest absolute Gasteiger partial charge is 0.372 e. The average molecular weight is 219 g/mol. The van der Waals surface area contributed by atoms with Crippen LogP contribution in [-0.2, 0) is 4.74 Å². The summed E-state index contributed by atoms with van der Waals surface area (Å²) in [7, 11) is 0. The Labute approximate surface area is 86.0 Å². The van der Waals surface area contributed by atoms with E-state index in [1.165, 1.54) is 0 Å². The number of hydrogen-bond acceptors (Lipinski definition) is 3. The van der Waals surface area contributed by atoms with Gasteiger partial charge in [-0.1, -0.05) is 11.6 Å². The monoisotopic (exact) mass is 218 g/mol. The number of nitrogens with zero attached hydrogens (tertiary/aromatic N) is 2. The van der Waals surface area contributed by atoms with Crippen LogP contribution in [0.2, 0.25) is 10.4 Å². The van der Waals surface area contributed by atoms with Gasteiger partial charge in [-0.05, 0) is 30.5 Å². The first kappa shape index (κ1) is 9.19. The van der Waals surface area contributed by atoms with Crippen LogP contribution in [0.5, 0.6) is 0 Å². The van der Waals surface area contributed by atoms with Crippen molar-refractivity contribution in [1.29, 1.82) is 0 Å². The highest BCUT2D eigenvalue weighted by molar-refractivity contribution is 6.31. The van der Waals surface area contributed by atoms with Crippen LogP contribution in [0.3, 0.4) is 0 Å². The second-order valence-electron chi connectivity index (χ2n) is 2.89. The maximum absolute atomic E-state index is 5.74. The molecule has 13 heavy (non-hydrogen) atoms. The van der Waals surface area contributed by atoms with Gasteiger partial charge in [0.15, 0.2) is 0 Å². The second kappa shape index (κ2) is 3.78. The maximum Gasteiger partial charge on any atom is 0.224 e. The lowest BCUT2D eigenvalue weighted by Crippen LogP contribution is -2.00. The SMILES string of the molecule is Clc1cc(C2CCCO2)nc(Cl)n1. The fraction of sp³-hybridized carbons (Fsp3) is 0.500. The Morgan fingerprint density at radius 1 is 1.38 bits per heavy atom. The van der Waals surface area contributed by atoms with Crippen molar-refractivity contribution in [3.05, 3.63) is 22.2 Å². The zero-order valence-corrected chi connectivity index (χ0v) is 8.35. The van der Waals surface area contributed by atoms with Crippen molar-refractivity contribution in [2.45, 2.75) is 18.9 Å². The summed E-state index contributed by atoms with van der Waals surface area (Å²) in [5.41, 5.74) is 0.780. The van der Waals surface area contributed by atoms with E-state index in [1.54, 1.807) is 6.07 Å². The molecule has 70 valence electrons. The number of hydrogen-bond donors (Lipinski definition) is 0. The summed E-state index contributed by atoms with van der Waals surface area (Å²) < 4.78 is 5.44. The quantitative estimate of drug-likeness (QED) is 0.537. The normalized spacial score (nSPS) is 22.2. The minimum absolute atomic E-state index is 0.0398. The molecule has 5 heteroatoms. The number of ether oxygens (including phenoxy) is 1. The van der Waals surface area contributed by atoms with Crippen LogP contribution in [0, 0.1) is 0 Å². The second-order valence-corrected chi connectivity index (χ2v) is 3.61. The summed E-state index contributed by atoms with van der Waals surface area (Å²) in [5, 5.41) is 0.545. The molecule has 1 atom stereocenters. The van der Waals surface area contributed by atoms with Crippen molar-refractivity contribution in [2.24, 2.45) is 0 Å². The van der Waals surface area contributed by atoms with Gasteiger partial charge < -0.3 is 4.74 Å². The molecular formula is C8H8Cl2N2O. The number of aromatic nitrogens is 2. The van der Waals surface area contributed by atoms with Gasteiger partial charge in [0.25, 0.3) is 0 Å². The van der Waals surface area contributed by atoms with Crippen molar-refractivity contribution < 1.29 is 4.74 Å². The molecule has 0 aromatic carbocycles. The summed E-state index contributed by atoms with van der Waals surface area (Å²) in [5.74, 6) is 0. The van der Waals surface area contributed by atoms with Crippen molar-refractivity contribution in [3.8, 4) is 0 Å². The fourth-order valence-corrected chi connectivity index (χ4v) is 1.81. The van der Waals surface area contributed by atoms with Crippen LogP contribution < -0.4 is 0 Å². The lowest BCUT2D eigenvalue weighted by Gasteiger charge is -2.08. The molecule has 0 saturated carbocycles. The van der Waals surface area contributed by atoms with E-state index in [2.05, 4.69) is 9.97 Å². The van der Waals surface area contributed by atoms with Gasteiger partial charge in [0.1, 0.15) is 5.15 Å². The summed E-state index contributed by atoms with van der Waals surface area (Å²) in [6.45, 7) is 0.782. The topological polar surface area (TPSA) is 35.0 Å². The Hall–Kier alpha value is -0.380. The van der Waals surface area contributed by atoms with E-state index < -0.39 is 0 Å². The molecule has 1 saturated heterocycles. The summed E-state index contributed by atoms with van der Waals surface area (Å²) >= 11 is 11.4. The van der Waals surface area contributed by atoms with Crippen molar-refractivity contribution in [1.82, 2.24) is 9.97 Å². The molecule has 3 nitrogen and oxygen atoms in total. The number of rotatable bonds is 1. The van der Waals surface area contributed by atoms with Crippen LogP contribution in [-0.4, -0.2) is 16.6 Å². The molecule has 2 heterocycles. The molecule has 2 rings (SSSR count). The molecule has 0 N–H and O–H groups in total. The van der Waals surface area contributed by atoms with Gasteiger partial charge in [-0.3, -0.25) is 0 Å². The fourth-order valence-electron chi connectivity index (χ4n) is 1.38. The standard InChI is InChI=1S/C8H8Cl2N2O/c9-7-4-5(11-8(10)12-7)6-2-1-3-13-6/h4,6H,1-3H2. The average Bonchev–Trinajstić information content (AvgIpc) is 2.53. The molecule has 1 aliphatic rings. The Morgan fingerprint density at radius 2 is 2.23 bits per heavy atom. The first-order valence-electron chi connectivity index (χ1n) is 4.07. The third kappa shape index (κ3) is 2.10. The zero-order chi connectivity index (χ0) is 9.26. The zero-order valence-electron chi connectivity index (χ0n) is 6.83. The minimum Gasteiger partial charge on any atom is -0.372 e. The third-order valence-electron chi connectivity index (χ3n) is 1.95. The molecule has 1 aliphatic heterocycles. The highest BCUT2D eigenvalue weighted by Crippen LogP contribution is 2.28. The van der Waals surface area contributed by atoms with Gasteiger partial charge >= 0.3 is 0 Å². The van der Waals surface area contributed by atoms with Crippen LogP contribution in [0.1, 0.15) is 24.6 Å². The molecule has 1 aromatic heterocycles. The van der Waals surface area contributed by atoms with E-state index in [0.29, 0.717) is 5.15 Å². The highest BCUT2D eigenvalue weighted by Gasteiger charge is 2.19. The van der Waals surface area contributed by atoms with Gasteiger partial charge in [0, 0.05) is 6.61 Å². The van der Waals surface area contributed by atoms with E-state index in [9.17, 15) is 0 Å². The Balaban J connectivity index is 2.28. The van der Waals surface area contributed by atoms with E-state index in [0.717, 1.165) is 25.1 Å². The first-order chi connectivity index (χ1) is 6.25. The summed E-state index contributed by atoms with van der Waals surface area (Å²) in [6, 6.07) is 1.70. The van der Waals surface area contributed by atoms with Gasteiger partial charge in [0.2, 0.25) is 5.28 Å². The van der Waals surface area contributed by atoms with Crippen molar-refractivity contribution in [2.75, 3.05) is 6.61 Å². The van der Waals surface area contributed by atoms with Crippen LogP contribution in [0.4, 0.5) is 0 Å². The van der Waals surface area contributed by atoms with Gasteiger partial charge in [-0.25, -0.2) is 9.97 Å². The lowest BCUT2D eigenvalue weighted by atomic mass is 10.2. The molecular weight excluding hydrogens is 211 g/mol. The Morgan fingerprint density at radius 3 is 2.85 bits per heavy atom. The summed E-state index contributed by atoms with van der Waals surface area (Å²) in [4.78, 5) is 7.83. The van der Waals surface area contributed by atoms with Crippen LogP contribution in [0.25, 0.3) is 0 Å². The molecule has 0 radical (unpaired) electrons. The Bertz CT molecular complexity index is 293. The van der Waals surface area contributed by atoms with Crippen LogP contribution >= 0.6 is 23.2 Å². The van der Waals surface area contributed by atoms with E-state index >= 15 is 0 Å². The minimum atomic E-state index is 0.0398. The molecule has 0 spiro atoms. The molecule has 1 aromatic rings. The predicted octanol–water partition coefficient (Wildman–Crippen LogP) is 2.63. The van der Waals surface area contributed by atoms with Crippen molar-refractivity contribution >= 4 is 23.2 Å². The molecule has 1 fully saturated rings. The first-order valence-corrected chi connectivity index (χ1v) is 4.83. The summed E-state index contributed by atoms with van der Waals surface area (Å²) in [6.07, 6.45) is 2.08. The Kier molecular flexibility index (Phi) is 2.67. The van der Waals surface area contributed by atoms with Gasteiger partial charge in [-0.15, -0.1) is 0 Å². The van der Waals surface area contributed by atoms with Crippen LogP contribution in [0.15, 0.2) is 6.07 Å². The highest BCUT2D eigenvalue weighted by atomic mass is 35.5. The smallest absolute Gasteiger partial charge is 0.224 e. The molecule has 1 unspecified atom stereocenters. The van der Waals surface area contributed by atoms with Gasteiger partial charge in [0.05, 0.1) is 11.8 Å². The molecule has 0 amide bonds. The third-order valence-corrected chi connectivity index (χ3v) is 2.31. The molecule has 0 bridgehead atoms.